The lowest BCUT2D eigenvalue weighted by molar-refractivity contribution is 0.765. The van der Waals surface area contributed by atoms with Crippen molar-refractivity contribution in [1.82, 2.24) is 9.97 Å². The van der Waals surface area contributed by atoms with Crippen molar-refractivity contribution in [1.29, 1.82) is 0 Å². The number of imidazole rings is 1. The number of unbranched alkanes of at least 4 members (excludes halogenated alkanes) is 1. The van der Waals surface area contributed by atoms with E-state index in [-0.39, 0.29) is 0 Å². The first kappa shape index (κ1) is 10.2. The zero-order valence-electron chi connectivity index (χ0n) is 9.51. The fraction of sp³-hybridized carbons (Fsp3) is 0.462. The molecule has 0 radical (unpaired) electrons. The van der Waals surface area contributed by atoms with Crippen molar-refractivity contribution in [3.8, 4) is 0 Å². The number of H-pyrrole nitrogens is 1. The number of fused-ring (bicyclic) bond motifs is 1. The molecule has 0 saturated carbocycles. The Kier molecular flexibility index (Phi) is 3.05. The van der Waals surface area contributed by atoms with Crippen LogP contribution in [0.15, 0.2) is 18.2 Å². The maximum absolute atomic E-state index is 4.57. The van der Waals surface area contributed by atoms with Gasteiger partial charge in [-0.1, -0.05) is 26.3 Å². The van der Waals surface area contributed by atoms with E-state index in [0.29, 0.717) is 0 Å². The normalized spacial score (nSPS) is 11.1. The van der Waals surface area contributed by atoms with E-state index >= 15 is 0 Å². The summed E-state index contributed by atoms with van der Waals surface area (Å²) in [6.45, 7) is 4.38. The van der Waals surface area contributed by atoms with Gasteiger partial charge in [0.1, 0.15) is 5.82 Å². The van der Waals surface area contributed by atoms with Crippen LogP contribution in [-0.4, -0.2) is 9.97 Å². The molecule has 80 valence electrons. The minimum absolute atomic E-state index is 1.06. The average Bonchev–Trinajstić information content (AvgIpc) is 2.67. The number of nitrogens with zero attached hydrogens (tertiary/aromatic N) is 1. The number of rotatable bonds is 4. The third kappa shape index (κ3) is 2.20. The van der Waals surface area contributed by atoms with E-state index in [9.17, 15) is 0 Å². The number of benzene rings is 1. The van der Waals surface area contributed by atoms with Crippen LogP contribution in [-0.2, 0) is 12.8 Å². The number of aryl methyl sites for hydroxylation is 2. The van der Waals surface area contributed by atoms with Crippen molar-refractivity contribution in [2.24, 2.45) is 0 Å². The third-order valence-electron chi connectivity index (χ3n) is 2.77. The van der Waals surface area contributed by atoms with Gasteiger partial charge in [-0.15, -0.1) is 0 Å². The Bertz CT molecular complexity index is 443. The molecule has 0 fully saturated rings. The Morgan fingerprint density at radius 3 is 2.87 bits per heavy atom. The van der Waals surface area contributed by atoms with Gasteiger partial charge in [-0.2, -0.15) is 0 Å². The Balaban J connectivity index is 2.29. The highest BCUT2D eigenvalue weighted by Gasteiger charge is 2.02. The van der Waals surface area contributed by atoms with Gasteiger partial charge in [-0.05, 0) is 30.5 Å². The molecule has 2 heteroatoms. The molecule has 0 spiro atoms. The van der Waals surface area contributed by atoms with E-state index in [1.54, 1.807) is 0 Å². The molecule has 0 aliphatic carbocycles. The number of nitrogens with one attached hydrogen (secondary N) is 1. The average molecular weight is 202 g/mol. The highest BCUT2D eigenvalue weighted by molar-refractivity contribution is 5.75. The van der Waals surface area contributed by atoms with Crippen molar-refractivity contribution in [3.05, 3.63) is 29.6 Å². The van der Waals surface area contributed by atoms with E-state index < -0.39 is 0 Å². The molecule has 0 aliphatic heterocycles. The van der Waals surface area contributed by atoms with Gasteiger partial charge in [0.2, 0.25) is 0 Å². The lowest BCUT2D eigenvalue weighted by atomic mass is 10.1. The van der Waals surface area contributed by atoms with Crippen LogP contribution in [0.25, 0.3) is 11.0 Å². The van der Waals surface area contributed by atoms with E-state index in [1.807, 2.05) is 0 Å². The number of aromatic nitrogens is 2. The van der Waals surface area contributed by atoms with Crippen LogP contribution < -0.4 is 0 Å². The van der Waals surface area contributed by atoms with Crippen LogP contribution >= 0.6 is 0 Å². The summed E-state index contributed by atoms with van der Waals surface area (Å²) in [7, 11) is 0. The van der Waals surface area contributed by atoms with Gasteiger partial charge in [0.25, 0.3) is 0 Å². The minimum Gasteiger partial charge on any atom is -0.342 e. The lowest BCUT2D eigenvalue weighted by Crippen LogP contribution is -1.86. The molecule has 1 aromatic carbocycles. The zero-order valence-corrected chi connectivity index (χ0v) is 9.51. The molecule has 0 bridgehead atoms. The number of hydrogen-bond donors (Lipinski definition) is 1. The van der Waals surface area contributed by atoms with Gasteiger partial charge in [-0.3, -0.25) is 0 Å². The van der Waals surface area contributed by atoms with E-state index in [0.717, 1.165) is 24.2 Å². The van der Waals surface area contributed by atoms with Crippen LogP contribution in [0.5, 0.6) is 0 Å². The summed E-state index contributed by atoms with van der Waals surface area (Å²) < 4.78 is 0. The number of aromatic amines is 1. The molecule has 2 nitrogen and oxygen atoms in total. The smallest absolute Gasteiger partial charge is 0.107 e. The van der Waals surface area contributed by atoms with Gasteiger partial charge in [0.05, 0.1) is 11.0 Å². The van der Waals surface area contributed by atoms with Crippen LogP contribution in [0, 0.1) is 0 Å². The van der Waals surface area contributed by atoms with Crippen LogP contribution in [0.1, 0.15) is 38.1 Å². The monoisotopic (exact) mass is 202 g/mol. The maximum Gasteiger partial charge on any atom is 0.107 e. The Morgan fingerprint density at radius 1 is 1.27 bits per heavy atom. The second kappa shape index (κ2) is 4.47. The molecule has 0 amide bonds. The third-order valence-corrected chi connectivity index (χ3v) is 2.77. The largest absolute Gasteiger partial charge is 0.342 e. The topological polar surface area (TPSA) is 28.7 Å². The summed E-state index contributed by atoms with van der Waals surface area (Å²) in [4.78, 5) is 7.96. The Morgan fingerprint density at radius 2 is 2.13 bits per heavy atom. The SMILES string of the molecule is CCCCc1nc2ccc(CC)cc2[nH]1. The Hall–Kier alpha value is -1.31. The molecular weight excluding hydrogens is 184 g/mol. The van der Waals surface area contributed by atoms with Gasteiger partial charge in [-0.25, -0.2) is 4.98 Å². The van der Waals surface area contributed by atoms with Crippen molar-refractivity contribution in [2.45, 2.75) is 39.5 Å². The lowest BCUT2D eigenvalue weighted by Gasteiger charge is -1.94. The fourth-order valence-corrected chi connectivity index (χ4v) is 1.79. The summed E-state index contributed by atoms with van der Waals surface area (Å²) in [5.74, 6) is 1.13. The molecule has 0 unspecified atom stereocenters. The van der Waals surface area contributed by atoms with Gasteiger partial charge >= 0.3 is 0 Å². The summed E-state index contributed by atoms with van der Waals surface area (Å²) >= 11 is 0. The van der Waals surface area contributed by atoms with Gasteiger partial charge < -0.3 is 4.98 Å². The minimum atomic E-state index is 1.06. The number of hydrogen-bond acceptors (Lipinski definition) is 1. The zero-order chi connectivity index (χ0) is 10.7. The predicted octanol–water partition coefficient (Wildman–Crippen LogP) is 3.47. The van der Waals surface area contributed by atoms with Crippen molar-refractivity contribution in [3.63, 3.8) is 0 Å². The van der Waals surface area contributed by atoms with E-state index in [1.165, 1.54) is 23.9 Å². The quantitative estimate of drug-likeness (QED) is 0.808. The fourth-order valence-electron chi connectivity index (χ4n) is 1.79. The molecule has 2 rings (SSSR count). The molecule has 0 aliphatic rings. The summed E-state index contributed by atoms with van der Waals surface area (Å²) in [5, 5.41) is 0. The van der Waals surface area contributed by atoms with Gasteiger partial charge in [0, 0.05) is 6.42 Å². The van der Waals surface area contributed by atoms with Crippen molar-refractivity contribution >= 4 is 11.0 Å². The molecule has 1 aromatic heterocycles. The molecule has 15 heavy (non-hydrogen) atoms. The van der Waals surface area contributed by atoms with Crippen molar-refractivity contribution in [2.75, 3.05) is 0 Å². The molecular formula is C13H18N2. The summed E-state index contributed by atoms with van der Waals surface area (Å²) in [5.41, 5.74) is 3.65. The van der Waals surface area contributed by atoms with Crippen molar-refractivity contribution < 1.29 is 0 Å². The Labute approximate surface area is 90.7 Å². The highest BCUT2D eigenvalue weighted by Crippen LogP contribution is 2.15. The molecule has 1 heterocycles. The standard InChI is InChI=1S/C13H18N2/c1-3-5-6-13-14-11-8-7-10(4-2)9-12(11)15-13/h7-9H,3-6H2,1-2H3,(H,14,15). The van der Waals surface area contributed by atoms with E-state index in [2.05, 4.69) is 42.0 Å². The first-order valence-electron chi connectivity index (χ1n) is 5.81. The molecule has 1 N–H and O–H groups in total. The van der Waals surface area contributed by atoms with Crippen LogP contribution in [0.4, 0.5) is 0 Å². The van der Waals surface area contributed by atoms with E-state index in [4.69, 9.17) is 0 Å². The summed E-state index contributed by atoms with van der Waals surface area (Å²) in [6, 6.07) is 6.48. The van der Waals surface area contributed by atoms with Crippen LogP contribution in [0.3, 0.4) is 0 Å². The van der Waals surface area contributed by atoms with Gasteiger partial charge in [0.15, 0.2) is 0 Å². The molecule has 2 aromatic rings. The molecule has 0 atom stereocenters. The summed E-state index contributed by atoms with van der Waals surface area (Å²) in [6.07, 6.45) is 4.57. The van der Waals surface area contributed by atoms with Crippen LogP contribution in [0.2, 0.25) is 0 Å². The molecule has 0 saturated heterocycles. The second-order valence-corrected chi connectivity index (χ2v) is 3.99. The maximum atomic E-state index is 4.57. The predicted molar refractivity (Wildman–Crippen MR) is 64.1 cm³/mol. The highest BCUT2D eigenvalue weighted by atomic mass is 14.9. The first-order chi connectivity index (χ1) is 7.33. The second-order valence-electron chi connectivity index (χ2n) is 3.99. The first-order valence-corrected chi connectivity index (χ1v) is 5.81.